The zero-order valence-electron chi connectivity index (χ0n) is 10.9. The molecule has 0 amide bonds. The predicted molar refractivity (Wildman–Crippen MR) is 76.5 cm³/mol. The first-order chi connectivity index (χ1) is 8.76. The molecule has 0 spiro atoms. The first-order valence-electron chi connectivity index (χ1n) is 5.92. The second-order valence-corrected chi connectivity index (χ2v) is 3.87. The quantitative estimate of drug-likeness (QED) is 0.649. The molecule has 18 heavy (non-hydrogen) atoms. The summed E-state index contributed by atoms with van der Waals surface area (Å²) in [5.41, 5.74) is 2.23. The van der Waals surface area contributed by atoms with Crippen molar-refractivity contribution in [2.75, 3.05) is 13.7 Å². The fourth-order valence-electron chi connectivity index (χ4n) is 1.77. The Morgan fingerprint density at radius 3 is 2.33 bits per heavy atom. The number of methoxy groups -OCH3 is 1. The monoisotopic (exact) mass is 244 g/mol. The van der Waals surface area contributed by atoms with E-state index in [0.717, 1.165) is 35.5 Å². The van der Waals surface area contributed by atoms with E-state index in [1.807, 2.05) is 18.2 Å². The molecule has 0 aliphatic heterocycles. The number of allylic oxidation sites excluding steroid dienone is 2. The van der Waals surface area contributed by atoms with Crippen molar-refractivity contribution in [3.8, 4) is 11.5 Å². The van der Waals surface area contributed by atoms with Crippen molar-refractivity contribution in [2.24, 2.45) is 0 Å². The molecule has 0 aliphatic rings. The molecule has 1 rings (SSSR count). The Kier molecular flexibility index (Phi) is 5.78. The fraction of sp³-hybridized carbons (Fsp3) is 0.250. The summed E-state index contributed by atoms with van der Waals surface area (Å²) in [7, 11) is 1.64. The van der Waals surface area contributed by atoms with E-state index >= 15 is 0 Å². The Bertz CT molecular complexity index is 433. The van der Waals surface area contributed by atoms with Crippen LogP contribution in [0.25, 0.3) is 0 Å². The molecule has 0 saturated carbocycles. The van der Waals surface area contributed by atoms with Gasteiger partial charge in [-0.15, -0.1) is 13.2 Å². The van der Waals surface area contributed by atoms with Crippen molar-refractivity contribution in [3.05, 3.63) is 61.2 Å². The lowest BCUT2D eigenvalue weighted by Crippen LogP contribution is -2.01. The van der Waals surface area contributed by atoms with E-state index < -0.39 is 0 Å². The molecule has 0 fully saturated rings. The minimum Gasteiger partial charge on any atom is -0.493 e. The highest BCUT2D eigenvalue weighted by Crippen LogP contribution is 2.33. The minimum atomic E-state index is 0.460. The molecule has 1 aromatic rings. The Hall–Kier alpha value is -1.96. The van der Waals surface area contributed by atoms with Crippen LogP contribution in [0.15, 0.2) is 50.1 Å². The first kappa shape index (κ1) is 14.1. The summed E-state index contributed by atoms with van der Waals surface area (Å²) in [4.78, 5) is 0. The van der Waals surface area contributed by atoms with Crippen LogP contribution in [-0.2, 0) is 12.8 Å². The molecular formula is C16H20O2. The molecule has 1 aromatic carbocycles. The van der Waals surface area contributed by atoms with Gasteiger partial charge in [0.15, 0.2) is 11.5 Å². The summed E-state index contributed by atoms with van der Waals surface area (Å²) in [5, 5.41) is 0. The minimum absolute atomic E-state index is 0.460. The van der Waals surface area contributed by atoms with E-state index in [1.54, 1.807) is 13.2 Å². The summed E-state index contributed by atoms with van der Waals surface area (Å²) in [6.07, 6.45) is 6.99. The highest BCUT2D eigenvalue weighted by molar-refractivity contribution is 5.50. The first-order valence-corrected chi connectivity index (χ1v) is 5.92. The maximum Gasteiger partial charge on any atom is 0.165 e. The van der Waals surface area contributed by atoms with Crippen LogP contribution in [0.4, 0.5) is 0 Å². The largest absolute Gasteiger partial charge is 0.493 e. The van der Waals surface area contributed by atoms with Gasteiger partial charge in [-0.3, -0.25) is 0 Å². The maximum absolute atomic E-state index is 5.68. The molecule has 0 radical (unpaired) electrons. The van der Waals surface area contributed by atoms with E-state index in [4.69, 9.17) is 9.47 Å². The van der Waals surface area contributed by atoms with Crippen molar-refractivity contribution in [1.82, 2.24) is 0 Å². The second-order valence-electron chi connectivity index (χ2n) is 3.87. The van der Waals surface area contributed by atoms with Gasteiger partial charge < -0.3 is 9.47 Å². The summed E-state index contributed by atoms with van der Waals surface area (Å²) < 4.78 is 11.1. The van der Waals surface area contributed by atoms with Crippen LogP contribution in [0.3, 0.4) is 0 Å². The van der Waals surface area contributed by atoms with Gasteiger partial charge in [-0.2, -0.15) is 0 Å². The second kappa shape index (κ2) is 7.38. The highest BCUT2D eigenvalue weighted by atomic mass is 16.5. The fourth-order valence-corrected chi connectivity index (χ4v) is 1.77. The van der Waals surface area contributed by atoms with Gasteiger partial charge in [0, 0.05) is 5.56 Å². The average Bonchev–Trinajstić information content (AvgIpc) is 2.37. The number of benzene rings is 1. The lowest BCUT2D eigenvalue weighted by atomic mass is 10.0. The molecule has 0 bridgehead atoms. The number of rotatable bonds is 8. The van der Waals surface area contributed by atoms with E-state index in [-0.39, 0.29) is 0 Å². The van der Waals surface area contributed by atoms with Crippen LogP contribution in [0.1, 0.15) is 11.1 Å². The maximum atomic E-state index is 5.68. The predicted octanol–water partition coefficient (Wildman–Crippen LogP) is 3.72. The van der Waals surface area contributed by atoms with Crippen molar-refractivity contribution < 1.29 is 9.47 Å². The molecule has 0 atom stereocenters. The highest BCUT2D eigenvalue weighted by Gasteiger charge is 2.11. The molecule has 2 nitrogen and oxygen atoms in total. The van der Waals surface area contributed by atoms with Gasteiger partial charge in [-0.1, -0.05) is 30.9 Å². The summed E-state index contributed by atoms with van der Waals surface area (Å²) in [6, 6.07) is 4.08. The van der Waals surface area contributed by atoms with E-state index in [9.17, 15) is 0 Å². The standard InChI is InChI=1S/C16H20O2/c1-5-8-13-11-14(9-6-2)16(18-10-7-3)15(12-13)17-4/h5-7,11-12H,1-3,8-10H2,4H3. The average molecular weight is 244 g/mol. The van der Waals surface area contributed by atoms with E-state index in [0.29, 0.717) is 6.61 Å². The third kappa shape index (κ3) is 3.52. The van der Waals surface area contributed by atoms with Crippen molar-refractivity contribution in [3.63, 3.8) is 0 Å². The smallest absolute Gasteiger partial charge is 0.165 e. The van der Waals surface area contributed by atoms with Crippen LogP contribution in [-0.4, -0.2) is 13.7 Å². The third-order valence-electron chi connectivity index (χ3n) is 2.50. The summed E-state index contributed by atoms with van der Waals surface area (Å²) in [5.74, 6) is 1.51. The molecule has 96 valence electrons. The van der Waals surface area contributed by atoms with E-state index in [2.05, 4.69) is 25.8 Å². The molecule has 0 heterocycles. The van der Waals surface area contributed by atoms with Crippen LogP contribution < -0.4 is 9.47 Å². The summed E-state index contributed by atoms with van der Waals surface area (Å²) in [6.45, 7) is 11.6. The summed E-state index contributed by atoms with van der Waals surface area (Å²) >= 11 is 0. The molecule has 0 unspecified atom stereocenters. The molecule has 0 aliphatic carbocycles. The van der Waals surface area contributed by atoms with Crippen molar-refractivity contribution >= 4 is 0 Å². The normalized spacial score (nSPS) is 9.61. The molecule has 0 aromatic heterocycles. The van der Waals surface area contributed by atoms with Crippen LogP contribution in [0.2, 0.25) is 0 Å². The number of hydrogen-bond donors (Lipinski definition) is 0. The zero-order valence-corrected chi connectivity index (χ0v) is 10.9. The Morgan fingerprint density at radius 1 is 1.06 bits per heavy atom. The molecule has 0 N–H and O–H groups in total. The molecular weight excluding hydrogens is 224 g/mol. The van der Waals surface area contributed by atoms with E-state index in [1.165, 1.54) is 0 Å². The van der Waals surface area contributed by atoms with Gasteiger partial charge in [-0.05, 0) is 24.5 Å². The van der Waals surface area contributed by atoms with Crippen molar-refractivity contribution in [2.45, 2.75) is 12.8 Å². The topological polar surface area (TPSA) is 18.5 Å². The van der Waals surface area contributed by atoms with Gasteiger partial charge in [0.05, 0.1) is 7.11 Å². The van der Waals surface area contributed by atoms with Gasteiger partial charge in [0.1, 0.15) is 6.61 Å². The molecule has 0 saturated heterocycles. The van der Waals surface area contributed by atoms with Gasteiger partial charge >= 0.3 is 0 Å². The number of hydrogen-bond acceptors (Lipinski definition) is 2. The van der Waals surface area contributed by atoms with Crippen molar-refractivity contribution in [1.29, 1.82) is 0 Å². The van der Waals surface area contributed by atoms with Crippen LogP contribution in [0.5, 0.6) is 11.5 Å². The van der Waals surface area contributed by atoms with Gasteiger partial charge in [0.25, 0.3) is 0 Å². The lowest BCUT2D eigenvalue weighted by molar-refractivity contribution is 0.323. The molecule has 2 heteroatoms. The Morgan fingerprint density at radius 2 is 1.78 bits per heavy atom. The SMILES string of the molecule is C=CCOc1c(CC=C)cc(CC=C)cc1OC. The zero-order chi connectivity index (χ0) is 13.4. The van der Waals surface area contributed by atoms with Crippen LogP contribution in [0, 0.1) is 0 Å². The lowest BCUT2D eigenvalue weighted by Gasteiger charge is -2.15. The Labute approximate surface area is 109 Å². The van der Waals surface area contributed by atoms with Gasteiger partial charge in [0.2, 0.25) is 0 Å². The van der Waals surface area contributed by atoms with Crippen LogP contribution >= 0.6 is 0 Å². The Balaban J connectivity index is 3.20. The van der Waals surface area contributed by atoms with Gasteiger partial charge in [-0.25, -0.2) is 0 Å². The number of ether oxygens (including phenoxy) is 2. The third-order valence-corrected chi connectivity index (χ3v) is 2.50.